The molecule has 0 radical (unpaired) electrons. The Hall–Kier alpha value is -2.47. The van der Waals surface area contributed by atoms with E-state index in [1.165, 1.54) is 17.7 Å². The summed E-state index contributed by atoms with van der Waals surface area (Å²) in [4.78, 5) is 25.3. The average molecular weight is 298 g/mol. The van der Waals surface area contributed by atoms with Gasteiger partial charge in [0.2, 0.25) is 0 Å². The van der Waals surface area contributed by atoms with E-state index >= 15 is 0 Å². The Bertz CT molecular complexity index is 678. The second-order valence-corrected chi connectivity index (χ2v) is 5.49. The number of aromatic amines is 1. The first-order valence-electron chi connectivity index (χ1n) is 7.33. The van der Waals surface area contributed by atoms with Crippen molar-refractivity contribution in [1.82, 2.24) is 20.4 Å². The fourth-order valence-corrected chi connectivity index (χ4v) is 2.67. The lowest BCUT2D eigenvalue weighted by Gasteiger charge is -2.16. The zero-order valence-electron chi connectivity index (χ0n) is 12.2. The molecule has 0 aliphatic carbocycles. The number of aromatic nitrogens is 2. The average Bonchev–Trinajstić information content (AvgIpc) is 2.96. The third-order valence-corrected chi connectivity index (χ3v) is 3.77. The quantitative estimate of drug-likeness (QED) is 0.874. The smallest absolute Gasteiger partial charge is 0.271 e. The summed E-state index contributed by atoms with van der Waals surface area (Å²) < 4.78 is 0. The third kappa shape index (κ3) is 3.59. The molecule has 1 aliphatic heterocycles. The van der Waals surface area contributed by atoms with Gasteiger partial charge in [-0.3, -0.25) is 14.5 Å². The van der Waals surface area contributed by atoms with Gasteiger partial charge < -0.3 is 5.32 Å². The number of H-pyrrole nitrogens is 1. The van der Waals surface area contributed by atoms with Crippen molar-refractivity contribution >= 4 is 5.91 Å². The summed E-state index contributed by atoms with van der Waals surface area (Å²) in [6.07, 6.45) is 0.919. The molecule has 1 atom stereocenters. The van der Waals surface area contributed by atoms with Gasteiger partial charge >= 0.3 is 0 Å². The molecular weight excluding hydrogens is 280 g/mol. The molecule has 6 nitrogen and oxygen atoms in total. The molecular formula is C16H18N4O2. The van der Waals surface area contributed by atoms with E-state index in [0.717, 1.165) is 26.1 Å². The Labute approximate surface area is 128 Å². The highest BCUT2D eigenvalue weighted by Gasteiger charge is 2.24. The first kappa shape index (κ1) is 14.5. The number of carbonyl (C=O) groups excluding carboxylic acids is 1. The van der Waals surface area contributed by atoms with E-state index in [2.05, 4.69) is 32.5 Å². The highest BCUT2D eigenvalue weighted by atomic mass is 16.2. The number of amides is 1. The van der Waals surface area contributed by atoms with E-state index in [-0.39, 0.29) is 23.2 Å². The van der Waals surface area contributed by atoms with Crippen molar-refractivity contribution in [3.8, 4) is 0 Å². The first-order valence-corrected chi connectivity index (χ1v) is 7.33. The van der Waals surface area contributed by atoms with E-state index in [0.29, 0.717) is 0 Å². The fourth-order valence-electron chi connectivity index (χ4n) is 2.67. The molecule has 1 fully saturated rings. The van der Waals surface area contributed by atoms with E-state index in [4.69, 9.17) is 0 Å². The summed E-state index contributed by atoms with van der Waals surface area (Å²) >= 11 is 0. The molecule has 2 aromatic rings. The molecule has 22 heavy (non-hydrogen) atoms. The van der Waals surface area contributed by atoms with Gasteiger partial charge in [-0.15, -0.1) is 0 Å². The van der Waals surface area contributed by atoms with Gasteiger partial charge in [0.05, 0.1) is 0 Å². The van der Waals surface area contributed by atoms with Crippen molar-refractivity contribution in [3.05, 3.63) is 64.1 Å². The Morgan fingerprint density at radius 1 is 1.27 bits per heavy atom. The molecule has 0 unspecified atom stereocenters. The molecule has 1 aromatic carbocycles. The summed E-state index contributed by atoms with van der Waals surface area (Å²) in [5, 5.41) is 8.98. The lowest BCUT2D eigenvalue weighted by Crippen LogP contribution is -2.37. The van der Waals surface area contributed by atoms with Crippen LogP contribution in [0.2, 0.25) is 0 Å². The topological polar surface area (TPSA) is 78.1 Å². The van der Waals surface area contributed by atoms with Gasteiger partial charge in [-0.2, -0.15) is 5.10 Å². The Morgan fingerprint density at radius 2 is 2.09 bits per heavy atom. The van der Waals surface area contributed by atoms with Crippen LogP contribution in [0.1, 0.15) is 22.5 Å². The monoisotopic (exact) mass is 298 g/mol. The summed E-state index contributed by atoms with van der Waals surface area (Å²) in [5.74, 6) is -0.247. The van der Waals surface area contributed by atoms with Gasteiger partial charge in [-0.25, -0.2) is 5.10 Å². The van der Waals surface area contributed by atoms with Gasteiger partial charge in [0.25, 0.3) is 11.5 Å². The van der Waals surface area contributed by atoms with Crippen LogP contribution in [0.5, 0.6) is 0 Å². The van der Waals surface area contributed by atoms with Gasteiger partial charge in [0, 0.05) is 31.7 Å². The molecule has 2 heterocycles. The van der Waals surface area contributed by atoms with Crippen LogP contribution in [0.15, 0.2) is 47.3 Å². The lowest BCUT2D eigenvalue weighted by molar-refractivity contribution is 0.0931. The summed E-state index contributed by atoms with van der Waals surface area (Å²) in [7, 11) is 0. The van der Waals surface area contributed by atoms with Gasteiger partial charge in [0.15, 0.2) is 0 Å². The molecule has 1 saturated heterocycles. The third-order valence-electron chi connectivity index (χ3n) is 3.77. The van der Waals surface area contributed by atoms with Crippen molar-refractivity contribution in [2.24, 2.45) is 0 Å². The lowest BCUT2D eigenvalue weighted by atomic mass is 10.2. The number of nitrogens with one attached hydrogen (secondary N) is 2. The van der Waals surface area contributed by atoms with E-state index in [1.54, 1.807) is 0 Å². The number of likely N-dealkylation sites (tertiary alicyclic amines) is 1. The SMILES string of the molecule is O=C(N[C@H]1CCN(Cc2ccccc2)C1)c1ccc(=O)[nH]n1. The molecule has 3 rings (SSSR count). The van der Waals surface area contributed by atoms with Crippen molar-refractivity contribution < 1.29 is 4.79 Å². The zero-order valence-corrected chi connectivity index (χ0v) is 12.2. The minimum atomic E-state index is -0.313. The van der Waals surface area contributed by atoms with E-state index in [9.17, 15) is 9.59 Å². The predicted molar refractivity (Wildman–Crippen MR) is 82.4 cm³/mol. The Morgan fingerprint density at radius 3 is 2.82 bits per heavy atom. The van der Waals surface area contributed by atoms with Crippen LogP contribution in [0.25, 0.3) is 0 Å². The molecule has 1 aliphatic rings. The number of hydrogen-bond donors (Lipinski definition) is 2. The second kappa shape index (κ2) is 6.53. The Kier molecular flexibility index (Phi) is 4.29. The predicted octanol–water partition coefficient (Wildman–Crippen LogP) is 0.774. The Balaban J connectivity index is 1.53. The number of carbonyl (C=O) groups is 1. The standard InChI is InChI=1S/C16H18N4O2/c21-15-7-6-14(18-19-15)16(22)17-13-8-9-20(11-13)10-12-4-2-1-3-5-12/h1-7,13H,8-11H2,(H,17,22)(H,19,21)/t13-/m0/s1. The summed E-state index contributed by atoms with van der Waals surface area (Å²) in [5.41, 5.74) is 1.20. The maximum absolute atomic E-state index is 12.1. The fraction of sp³-hybridized carbons (Fsp3) is 0.312. The molecule has 1 amide bonds. The van der Waals surface area contributed by atoms with Crippen LogP contribution in [0.4, 0.5) is 0 Å². The molecule has 0 saturated carbocycles. The molecule has 0 spiro atoms. The molecule has 0 bridgehead atoms. The van der Waals surface area contributed by atoms with Crippen molar-refractivity contribution in [3.63, 3.8) is 0 Å². The minimum absolute atomic E-state index is 0.116. The van der Waals surface area contributed by atoms with Crippen LogP contribution in [0, 0.1) is 0 Å². The maximum Gasteiger partial charge on any atom is 0.271 e. The molecule has 1 aromatic heterocycles. The van der Waals surface area contributed by atoms with Crippen LogP contribution in [-0.2, 0) is 6.54 Å². The van der Waals surface area contributed by atoms with E-state index in [1.807, 2.05) is 18.2 Å². The van der Waals surface area contributed by atoms with Crippen molar-refractivity contribution in [1.29, 1.82) is 0 Å². The van der Waals surface area contributed by atoms with Crippen molar-refractivity contribution in [2.75, 3.05) is 13.1 Å². The molecule has 2 N–H and O–H groups in total. The van der Waals surface area contributed by atoms with Crippen LogP contribution < -0.4 is 10.9 Å². The minimum Gasteiger partial charge on any atom is -0.347 e. The zero-order chi connectivity index (χ0) is 15.4. The number of nitrogens with zero attached hydrogens (tertiary/aromatic N) is 2. The van der Waals surface area contributed by atoms with E-state index < -0.39 is 0 Å². The van der Waals surface area contributed by atoms with Gasteiger partial charge in [-0.1, -0.05) is 30.3 Å². The summed E-state index contributed by atoms with van der Waals surface area (Å²) in [6.45, 7) is 2.67. The van der Waals surface area contributed by atoms with Gasteiger partial charge in [0.1, 0.15) is 5.69 Å². The second-order valence-electron chi connectivity index (χ2n) is 5.49. The largest absolute Gasteiger partial charge is 0.347 e. The number of benzene rings is 1. The number of hydrogen-bond acceptors (Lipinski definition) is 4. The first-order chi connectivity index (χ1) is 10.7. The van der Waals surface area contributed by atoms with Crippen LogP contribution in [0.3, 0.4) is 0 Å². The summed E-state index contributed by atoms with van der Waals surface area (Å²) in [6, 6.07) is 13.1. The van der Waals surface area contributed by atoms with Crippen LogP contribution >= 0.6 is 0 Å². The van der Waals surface area contributed by atoms with Gasteiger partial charge in [-0.05, 0) is 18.1 Å². The highest BCUT2D eigenvalue weighted by Crippen LogP contribution is 2.13. The normalized spacial score (nSPS) is 18.3. The van der Waals surface area contributed by atoms with Crippen LogP contribution in [-0.4, -0.2) is 40.1 Å². The molecule has 6 heteroatoms. The highest BCUT2D eigenvalue weighted by molar-refractivity contribution is 5.92. The molecule has 114 valence electrons. The van der Waals surface area contributed by atoms with Crippen molar-refractivity contribution in [2.45, 2.75) is 19.0 Å². The number of rotatable bonds is 4. The maximum atomic E-state index is 12.1.